The Morgan fingerprint density at radius 1 is 0.941 bits per heavy atom. The van der Waals surface area contributed by atoms with E-state index in [1.54, 1.807) is 12.1 Å². The van der Waals surface area contributed by atoms with E-state index >= 15 is 0 Å². The third-order valence-electron chi connectivity index (χ3n) is 6.22. The fourth-order valence-electron chi connectivity index (χ4n) is 4.55. The topological polar surface area (TPSA) is 59.1 Å². The largest absolute Gasteiger partial charge is 0.489 e. The number of nitrogens with zero attached hydrogens (tertiary/aromatic N) is 2. The molecular weight excluding hydrogens is 448 g/mol. The van der Waals surface area contributed by atoms with Gasteiger partial charge in [-0.1, -0.05) is 54.1 Å². The van der Waals surface area contributed by atoms with Crippen LogP contribution in [0.3, 0.4) is 0 Å². The molecule has 0 saturated carbocycles. The van der Waals surface area contributed by atoms with E-state index in [1.165, 1.54) is 4.31 Å². The van der Waals surface area contributed by atoms with Crippen LogP contribution in [0.1, 0.15) is 17.2 Å². The summed E-state index contributed by atoms with van der Waals surface area (Å²) in [6.45, 7) is 4.91. The molecule has 3 aromatic carbocycles. The third-order valence-corrected chi connectivity index (χ3v) is 7.98. The van der Waals surface area contributed by atoms with E-state index in [-0.39, 0.29) is 17.5 Å². The van der Waals surface area contributed by atoms with E-state index in [0.29, 0.717) is 24.6 Å². The monoisotopic (exact) mass is 476 g/mol. The number of sulfonamides is 1. The molecular formula is C27H28N2O4S. The molecule has 0 aromatic heterocycles. The Hall–Kier alpha value is -3.13. The summed E-state index contributed by atoms with van der Waals surface area (Å²) in [7, 11) is -3.83. The van der Waals surface area contributed by atoms with Crippen LogP contribution >= 0.6 is 0 Å². The second kappa shape index (κ2) is 9.62. The van der Waals surface area contributed by atoms with Crippen LogP contribution in [-0.4, -0.2) is 46.2 Å². The van der Waals surface area contributed by atoms with Gasteiger partial charge < -0.3 is 9.47 Å². The van der Waals surface area contributed by atoms with E-state index < -0.39 is 10.0 Å². The van der Waals surface area contributed by atoms with Crippen LogP contribution in [-0.2, 0) is 14.8 Å². The van der Waals surface area contributed by atoms with Crippen molar-refractivity contribution < 1.29 is 17.9 Å². The van der Waals surface area contributed by atoms with Crippen molar-refractivity contribution in [2.45, 2.75) is 17.9 Å². The second-order valence-electron chi connectivity index (χ2n) is 8.45. The third kappa shape index (κ3) is 4.34. The Kier molecular flexibility index (Phi) is 6.41. The van der Waals surface area contributed by atoms with Gasteiger partial charge >= 0.3 is 0 Å². The van der Waals surface area contributed by atoms with Crippen molar-refractivity contribution in [3.8, 4) is 5.75 Å². The van der Waals surface area contributed by atoms with Crippen molar-refractivity contribution in [1.29, 1.82) is 0 Å². The Bertz CT molecular complexity index is 1270. The average molecular weight is 477 g/mol. The summed E-state index contributed by atoms with van der Waals surface area (Å²) in [6.07, 6.45) is 1.90. The molecule has 1 fully saturated rings. The van der Waals surface area contributed by atoms with Gasteiger partial charge in [0.2, 0.25) is 0 Å². The summed E-state index contributed by atoms with van der Waals surface area (Å²) >= 11 is 0. The van der Waals surface area contributed by atoms with Crippen molar-refractivity contribution in [3.63, 3.8) is 0 Å². The lowest BCUT2D eigenvalue weighted by molar-refractivity contribution is 0.0241. The van der Waals surface area contributed by atoms with Crippen molar-refractivity contribution in [2.24, 2.45) is 0 Å². The van der Waals surface area contributed by atoms with Gasteiger partial charge in [-0.2, -0.15) is 0 Å². The zero-order valence-electron chi connectivity index (χ0n) is 19.1. The highest BCUT2D eigenvalue weighted by Crippen LogP contribution is 2.48. The highest BCUT2D eigenvalue weighted by atomic mass is 32.2. The molecule has 176 valence electrons. The zero-order valence-corrected chi connectivity index (χ0v) is 19.9. The van der Waals surface area contributed by atoms with Gasteiger partial charge in [-0.3, -0.25) is 4.90 Å². The first-order valence-corrected chi connectivity index (χ1v) is 12.9. The van der Waals surface area contributed by atoms with Crippen LogP contribution in [0.4, 0.5) is 5.69 Å². The molecule has 0 radical (unpaired) electrons. The first kappa shape index (κ1) is 22.7. The quantitative estimate of drug-likeness (QED) is 0.523. The molecule has 7 heteroatoms. The smallest absolute Gasteiger partial charge is 0.268 e. The maximum atomic E-state index is 14.0. The molecule has 1 atom stereocenters. The van der Waals surface area contributed by atoms with E-state index in [0.717, 1.165) is 30.0 Å². The number of rotatable bonds is 6. The Morgan fingerprint density at radius 3 is 2.35 bits per heavy atom. The molecule has 0 spiro atoms. The lowest BCUT2D eigenvalue weighted by Gasteiger charge is -2.34. The van der Waals surface area contributed by atoms with Crippen LogP contribution < -0.4 is 9.04 Å². The first-order chi connectivity index (χ1) is 16.6. The minimum atomic E-state index is -3.83. The number of hydrogen-bond acceptors (Lipinski definition) is 5. The predicted octanol–water partition coefficient (Wildman–Crippen LogP) is 4.54. The minimum absolute atomic E-state index is 0.195. The molecule has 6 nitrogen and oxygen atoms in total. The highest BCUT2D eigenvalue weighted by Gasteiger charge is 2.43. The van der Waals surface area contributed by atoms with Gasteiger partial charge in [0.15, 0.2) is 0 Å². The summed E-state index contributed by atoms with van der Waals surface area (Å²) in [5, 5.41) is 0. The molecule has 5 rings (SSSR count). The molecule has 3 aromatic rings. The maximum Gasteiger partial charge on any atom is 0.268 e. The number of morpholine rings is 1. The standard InChI is InChI=1S/C27H28N2O4S/c1-21-11-13-23(14-12-21)34(30,31)29-25-10-6-5-9-24(25)27(28-16-19-32-20-17-28)26(29)15-18-33-22-7-3-2-4-8-22/h2-15,27H,16-20H2,1H3/b26-15+. The SMILES string of the molecule is Cc1ccc(S(=O)(=O)N2/C(=C/COc3ccccc3)C(N3CCOCC3)c3ccccc32)cc1. The second-order valence-corrected chi connectivity index (χ2v) is 10.2. The molecule has 2 heterocycles. The summed E-state index contributed by atoms with van der Waals surface area (Å²) < 4.78 is 41.0. The van der Waals surface area contributed by atoms with E-state index in [9.17, 15) is 8.42 Å². The van der Waals surface area contributed by atoms with Crippen molar-refractivity contribution in [3.05, 3.63) is 102 Å². The number of anilines is 1. The van der Waals surface area contributed by atoms with Gasteiger partial charge in [-0.15, -0.1) is 0 Å². The fraction of sp³-hybridized carbons (Fsp3) is 0.259. The van der Waals surface area contributed by atoms with E-state index in [1.807, 2.05) is 79.7 Å². The number of aryl methyl sites for hydroxylation is 1. The van der Waals surface area contributed by atoms with E-state index in [2.05, 4.69) is 4.90 Å². The van der Waals surface area contributed by atoms with Gasteiger partial charge in [0, 0.05) is 18.7 Å². The van der Waals surface area contributed by atoms with Crippen LogP contribution in [0, 0.1) is 6.92 Å². The summed E-state index contributed by atoms with van der Waals surface area (Å²) in [6, 6.07) is 24.1. The summed E-state index contributed by atoms with van der Waals surface area (Å²) in [5.74, 6) is 0.741. The lowest BCUT2D eigenvalue weighted by atomic mass is 10.0. The minimum Gasteiger partial charge on any atom is -0.489 e. The zero-order chi connectivity index (χ0) is 23.5. The number of hydrogen-bond donors (Lipinski definition) is 0. The van der Waals surface area contributed by atoms with Gasteiger partial charge in [0.1, 0.15) is 12.4 Å². The molecule has 0 amide bonds. The van der Waals surface area contributed by atoms with Crippen LogP contribution in [0.15, 0.2) is 95.5 Å². The highest BCUT2D eigenvalue weighted by molar-refractivity contribution is 7.93. The molecule has 2 aliphatic rings. The Morgan fingerprint density at radius 2 is 1.62 bits per heavy atom. The van der Waals surface area contributed by atoms with Crippen molar-refractivity contribution >= 4 is 15.7 Å². The van der Waals surface area contributed by atoms with E-state index in [4.69, 9.17) is 9.47 Å². The Labute approximate surface area is 201 Å². The fourth-order valence-corrected chi connectivity index (χ4v) is 6.12. The van der Waals surface area contributed by atoms with Gasteiger partial charge in [0.05, 0.1) is 35.5 Å². The van der Waals surface area contributed by atoms with Crippen LogP contribution in [0.25, 0.3) is 0 Å². The Balaban J connectivity index is 1.59. The molecule has 0 aliphatic carbocycles. The molecule has 1 unspecified atom stereocenters. The van der Waals surface area contributed by atoms with Crippen molar-refractivity contribution in [1.82, 2.24) is 4.90 Å². The molecule has 1 saturated heterocycles. The van der Waals surface area contributed by atoms with Gasteiger partial charge in [-0.25, -0.2) is 12.7 Å². The van der Waals surface area contributed by atoms with Crippen molar-refractivity contribution in [2.75, 3.05) is 37.2 Å². The summed E-state index contributed by atoms with van der Waals surface area (Å²) in [4.78, 5) is 2.56. The maximum absolute atomic E-state index is 14.0. The van der Waals surface area contributed by atoms with Gasteiger partial charge in [-0.05, 0) is 43.3 Å². The normalized spacial score (nSPS) is 19.9. The van der Waals surface area contributed by atoms with Crippen LogP contribution in [0.5, 0.6) is 5.75 Å². The molecule has 2 aliphatic heterocycles. The summed E-state index contributed by atoms with van der Waals surface area (Å²) in [5.41, 5.74) is 3.37. The average Bonchev–Trinajstić information content (AvgIpc) is 3.20. The molecule has 0 bridgehead atoms. The van der Waals surface area contributed by atoms with Crippen LogP contribution in [0.2, 0.25) is 0 Å². The number of para-hydroxylation sites is 2. The first-order valence-electron chi connectivity index (χ1n) is 11.5. The lowest BCUT2D eigenvalue weighted by Crippen LogP contribution is -2.41. The van der Waals surface area contributed by atoms with Gasteiger partial charge in [0.25, 0.3) is 10.0 Å². The predicted molar refractivity (Wildman–Crippen MR) is 132 cm³/mol. The number of fused-ring (bicyclic) bond motifs is 1. The number of benzene rings is 3. The molecule has 0 N–H and O–H groups in total. The molecule has 34 heavy (non-hydrogen) atoms. The number of ether oxygens (including phenoxy) is 2.